The standard InChI is InChI=1S/C19H26N2O3S/c22-19(14-17-13-15-6-7-16(17)12-15)20-8-10-21(11-9-20)25(23,24)18-4-2-1-3-5-18/h1-5,15-17H,6-14H2/t15-,16+,17-/m0/s1. The molecule has 0 radical (unpaired) electrons. The summed E-state index contributed by atoms with van der Waals surface area (Å²) in [6.07, 6.45) is 5.85. The smallest absolute Gasteiger partial charge is 0.243 e. The molecular weight excluding hydrogens is 336 g/mol. The second kappa shape index (κ2) is 6.72. The predicted octanol–water partition coefficient (Wildman–Crippen LogP) is 2.35. The molecular formula is C19H26N2O3S. The van der Waals surface area contributed by atoms with Gasteiger partial charge in [0.25, 0.3) is 0 Å². The molecule has 5 nitrogen and oxygen atoms in total. The van der Waals surface area contributed by atoms with E-state index in [9.17, 15) is 13.2 Å². The zero-order chi connectivity index (χ0) is 17.4. The maximum atomic E-state index is 12.7. The predicted molar refractivity (Wildman–Crippen MR) is 95.3 cm³/mol. The second-order valence-corrected chi connectivity index (χ2v) is 9.67. The highest BCUT2D eigenvalue weighted by Gasteiger charge is 2.41. The molecule has 2 aliphatic carbocycles. The molecule has 1 saturated heterocycles. The van der Waals surface area contributed by atoms with Gasteiger partial charge in [-0.15, -0.1) is 0 Å². The van der Waals surface area contributed by atoms with E-state index in [0.717, 1.165) is 11.8 Å². The SMILES string of the molecule is O=C(C[C@@H]1C[C@H]2CC[C@@H]1C2)N1CCN(S(=O)(=O)c2ccccc2)CC1. The average molecular weight is 362 g/mol. The Balaban J connectivity index is 1.33. The van der Waals surface area contributed by atoms with E-state index in [2.05, 4.69) is 0 Å². The van der Waals surface area contributed by atoms with Crippen LogP contribution in [0.3, 0.4) is 0 Å². The molecule has 0 unspecified atom stereocenters. The van der Waals surface area contributed by atoms with Crippen LogP contribution in [-0.2, 0) is 14.8 Å². The number of piperazine rings is 1. The van der Waals surface area contributed by atoms with Crippen molar-refractivity contribution < 1.29 is 13.2 Å². The maximum absolute atomic E-state index is 12.7. The molecule has 2 saturated carbocycles. The third-order valence-corrected chi connectivity index (χ3v) is 8.21. The number of carbonyl (C=O) groups excluding carboxylic acids is 1. The van der Waals surface area contributed by atoms with Gasteiger partial charge in [0.15, 0.2) is 0 Å². The van der Waals surface area contributed by atoms with Crippen molar-refractivity contribution in [3.05, 3.63) is 30.3 Å². The molecule has 1 heterocycles. The molecule has 1 aromatic carbocycles. The van der Waals surface area contributed by atoms with E-state index in [1.54, 1.807) is 24.3 Å². The number of amides is 1. The monoisotopic (exact) mass is 362 g/mol. The fraction of sp³-hybridized carbons (Fsp3) is 0.632. The lowest BCUT2D eigenvalue weighted by molar-refractivity contribution is -0.133. The van der Waals surface area contributed by atoms with Crippen molar-refractivity contribution in [2.24, 2.45) is 17.8 Å². The number of hydrogen-bond donors (Lipinski definition) is 0. The normalized spacial score (nSPS) is 29.9. The van der Waals surface area contributed by atoms with Gasteiger partial charge in [-0.3, -0.25) is 4.79 Å². The van der Waals surface area contributed by atoms with Gasteiger partial charge in [0.1, 0.15) is 0 Å². The molecule has 3 fully saturated rings. The van der Waals surface area contributed by atoms with Crippen LogP contribution in [0.15, 0.2) is 35.2 Å². The van der Waals surface area contributed by atoms with E-state index in [1.807, 2.05) is 11.0 Å². The van der Waals surface area contributed by atoms with Crippen molar-refractivity contribution in [2.45, 2.75) is 37.0 Å². The van der Waals surface area contributed by atoms with Gasteiger partial charge in [-0.1, -0.05) is 24.6 Å². The molecule has 25 heavy (non-hydrogen) atoms. The molecule has 0 N–H and O–H groups in total. The summed E-state index contributed by atoms with van der Waals surface area (Å²) in [7, 11) is -3.45. The number of fused-ring (bicyclic) bond motifs is 2. The van der Waals surface area contributed by atoms with Crippen LogP contribution in [0.25, 0.3) is 0 Å². The second-order valence-electron chi connectivity index (χ2n) is 7.74. The quantitative estimate of drug-likeness (QED) is 0.826. The van der Waals surface area contributed by atoms with Crippen LogP contribution in [-0.4, -0.2) is 49.7 Å². The highest BCUT2D eigenvalue weighted by Crippen LogP contribution is 2.49. The summed E-state index contributed by atoms with van der Waals surface area (Å²) in [6.45, 7) is 1.79. The molecule has 0 spiro atoms. The zero-order valence-electron chi connectivity index (χ0n) is 14.5. The number of nitrogens with zero attached hydrogens (tertiary/aromatic N) is 2. The Bertz CT molecular complexity index is 726. The fourth-order valence-corrected chi connectivity index (χ4v) is 6.34. The van der Waals surface area contributed by atoms with Crippen molar-refractivity contribution in [3.63, 3.8) is 0 Å². The first kappa shape index (κ1) is 17.0. The van der Waals surface area contributed by atoms with Crippen LogP contribution < -0.4 is 0 Å². The van der Waals surface area contributed by atoms with E-state index < -0.39 is 10.0 Å². The summed E-state index contributed by atoms with van der Waals surface area (Å²) in [5, 5.41) is 0. The molecule has 3 atom stereocenters. The van der Waals surface area contributed by atoms with E-state index >= 15 is 0 Å². The summed E-state index contributed by atoms with van der Waals surface area (Å²) < 4.78 is 26.8. The Morgan fingerprint density at radius 3 is 2.32 bits per heavy atom. The third kappa shape index (κ3) is 3.34. The highest BCUT2D eigenvalue weighted by atomic mass is 32.2. The average Bonchev–Trinajstić information content (AvgIpc) is 3.25. The molecule has 2 bridgehead atoms. The topological polar surface area (TPSA) is 57.7 Å². The third-order valence-electron chi connectivity index (χ3n) is 6.29. The molecule has 1 aromatic rings. The first-order valence-corrected chi connectivity index (χ1v) is 10.8. The molecule has 4 rings (SSSR count). The highest BCUT2D eigenvalue weighted by molar-refractivity contribution is 7.89. The summed E-state index contributed by atoms with van der Waals surface area (Å²) in [5.41, 5.74) is 0. The number of carbonyl (C=O) groups is 1. The summed E-state index contributed by atoms with van der Waals surface area (Å²) in [5.74, 6) is 2.40. The van der Waals surface area contributed by atoms with Crippen LogP contribution in [0.2, 0.25) is 0 Å². The van der Waals surface area contributed by atoms with Crippen molar-refractivity contribution >= 4 is 15.9 Å². The number of benzene rings is 1. The van der Waals surface area contributed by atoms with Crippen molar-refractivity contribution in [2.75, 3.05) is 26.2 Å². The van der Waals surface area contributed by atoms with E-state index in [4.69, 9.17) is 0 Å². The minimum atomic E-state index is -3.45. The molecule has 1 amide bonds. The number of hydrogen-bond acceptors (Lipinski definition) is 3. The van der Waals surface area contributed by atoms with Crippen LogP contribution in [0, 0.1) is 17.8 Å². The van der Waals surface area contributed by atoms with E-state index in [1.165, 1.54) is 30.0 Å². The first-order chi connectivity index (χ1) is 12.0. The number of sulfonamides is 1. The Morgan fingerprint density at radius 1 is 1.00 bits per heavy atom. The summed E-state index contributed by atoms with van der Waals surface area (Å²) in [4.78, 5) is 14.8. The van der Waals surface area contributed by atoms with Gasteiger partial charge in [0, 0.05) is 32.6 Å². The van der Waals surface area contributed by atoms with Gasteiger partial charge in [-0.05, 0) is 49.1 Å². The van der Waals surface area contributed by atoms with Gasteiger partial charge in [-0.2, -0.15) is 4.31 Å². The fourth-order valence-electron chi connectivity index (χ4n) is 4.90. The summed E-state index contributed by atoms with van der Waals surface area (Å²) in [6, 6.07) is 8.54. The van der Waals surface area contributed by atoms with Crippen molar-refractivity contribution in [1.82, 2.24) is 9.21 Å². The van der Waals surface area contributed by atoms with E-state index in [-0.39, 0.29) is 5.91 Å². The van der Waals surface area contributed by atoms with Crippen LogP contribution in [0.5, 0.6) is 0 Å². The molecule has 1 aliphatic heterocycles. The Labute approximate surface area is 150 Å². The minimum absolute atomic E-state index is 0.217. The zero-order valence-corrected chi connectivity index (χ0v) is 15.3. The number of rotatable bonds is 4. The van der Waals surface area contributed by atoms with Crippen LogP contribution in [0.4, 0.5) is 0 Å². The van der Waals surface area contributed by atoms with Gasteiger partial charge in [-0.25, -0.2) is 8.42 Å². The van der Waals surface area contributed by atoms with E-state index in [0.29, 0.717) is 43.4 Å². The Hall–Kier alpha value is -1.40. The molecule has 6 heteroatoms. The first-order valence-electron chi connectivity index (χ1n) is 9.37. The largest absolute Gasteiger partial charge is 0.340 e. The molecule has 3 aliphatic rings. The lowest BCUT2D eigenvalue weighted by Gasteiger charge is -2.35. The van der Waals surface area contributed by atoms with Gasteiger partial charge >= 0.3 is 0 Å². The maximum Gasteiger partial charge on any atom is 0.243 e. The van der Waals surface area contributed by atoms with Gasteiger partial charge in [0.2, 0.25) is 15.9 Å². The van der Waals surface area contributed by atoms with Crippen LogP contribution >= 0.6 is 0 Å². The summed E-state index contributed by atoms with van der Waals surface area (Å²) >= 11 is 0. The van der Waals surface area contributed by atoms with Crippen molar-refractivity contribution in [3.8, 4) is 0 Å². The van der Waals surface area contributed by atoms with Crippen LogP contribution in [0.1, 0.15) is 32.1 Å². The lowest BCUT2D eigenvalue weighted by atomic mass is 9.86. The van der Waals surface area contributed by atoms with Gasteiger partial charge in [0.05, 0.1) is 4.90 Å². The molecule has 136 valence electrons. The Morgan fingerprint density at radius 2 is 1.72 bits per heavy atom. The van der Waals surface area contributed by atoms with Crippen molar-refractivity contribution in [1.29, 1.82) is 0 Å². The molecule has 0 aromatic heterocycles. The Kier molecular flexibility index (Phi) is 4.58. The lowest BCUT2D eigenvalue weighted by Crippen LogP contribution is -2.50. The van der Waals surface area contributed by atoms with Gasteiger partial charge < -0.3 is 4.90 Å². The minimum Gasteiger partial charge on any atom is -0.340 e.